The summed E-state index contributed by atoms with van der Waals surface area (Å²) < 4.78 is 5.39. The van der Waals surface area contributed by atoms with Crippen LogP contribution in [0, 0.1) is 6.92 Å². The maximum absolute atomic E-state index is 12.7. The molecular formula is C14H21NO2S. The van der Waals surface area contributed by atoms with Crippen LogP contribution in [-0.4, -0.2) is 36.1 Å². The lowest BCUT2D eigenvalue weighted by atomic mass is 10.0. The van der Waals surface area contributed by atoms with Crippen molar-refractivity contribution in [3.63, 3.8) is 0 Å². The van der Waals surface area contributed by atoms with Crippen LogP contribution in [-0.2, 0) is 4.74 Å². The summed E-state index contributed by atoms with van der Waals surface area (Å²) in [6, 6.07) is 2.58. The third kappa shape index (κ3) is 2.75. The number of ether oxygens (including phenoxy) is 1. The second-order valence-electron chi connectivity index (χ2n) is 5.08. The standard InChI is InChI=1S/C14H21NO2S/c1-10(2)15(12-4-7-17-8-5-12)14(16)13-11(3)6-9-18-13/h6,9-10,12H,4-5,7-8H2,1-3H3. The van der Waals surface area contributed by atoms with Gasteiger partial charge in [-0.3, -0.25) is 4.79 Å². The molecule has 2 rings (SSSR count). The molecule has 1 aliphatic rings. The van der Waals surface area contributed by atoms with Crippen molar-refractivity contribution in [3.8, 4) is 0 Å². The summed E-state index contributed by atoms with van der Waals surface area (Å²) in [6.45, 7) is 7.73. The molecule has 0 aliphatic carbocycles. The molecule has 1 aromatic heterocycles. The second kappa shape index (κ2) is 5.85. The Morgan fingerprint density at radius 2 is 2.11 bits per heavy atom. The highest BCUT2D eigenvalue weighted by atomic mass is 32.1. The Hall–Kier alpha value is -0.870. The van der Waals surface area contributed by atoms with Crippen LogP contribution in [0.5, 0.6) is 0 Å². The van der Waals surface area contributed by atoms with Gasteiger partial charge in [0.25, 0.3) is 5.91 Å². The number of hydrogen-bond donors (Lipinski definition) is 0. The topological polar surface area (TPSA) is 29.5 Å². The number of aryl methyl sites for hydroxylation is 1. The number of amides is 1. The van der Waals surface area contributed by atoms with Crippen LogP contribution in [0.2, 0.25) is 0 Å². The summed E-state index contributed by atoms with van der Waals surface area (Å²) in [5.41, 5.74) is 1.09. The van der Waals surface area contributed by atoms with Crippen molar-refractivity contribution in [1.82, 2.24) is 4.90 Å². The smallest absolute Gasteiger partial charge is 0.264 e. The summed E-state index contributed by atoms with van der Waals surface area (Å²) in [5, 5.41) is 1.99. The van der Waals surface area contributed by atoms with Gasteiger partial charge in [-0.2, -0.15) is 0 Å². The lowest BCUT2D eigenvalue weighted by molar-refractivity contribution is 0.0208. The van der Waals surface area contributed by atoms with E-state index in [2.05, 4.69) is 13.8 Å². The normalized spacial score (nSPS) is 17.1. The highest BCUT2D eigenvalue weighted by Gasteiger charge is 2.29. The molecule has 1 amide bonds. The van der Waals surface area contributed by atoms with Crippen molar-refractivity contribution >= 4 is 17.2 Å². The Morgan fingerprint density at radius 1 is 1.44 bits per heavy atom. The predicted molar refractivity (Wildman–Crippen MR) is 74.2 cm³/mol. The molecule has 4 heteroatoms. The Balaban J connectivity index is 2.19. The van der Waals surface area contributed by atoms with Crippen molar-refractivity contribution < 1.29 is 9.53 Å². The fourth-order valence-electron chi connectivity index (χ4n) is 2.49. The van der Waals surface area contributed by atoms with Gasteiger partial charge in [0.2, 0.25) is 0 Å². The number of nitrogens with zero attached hydrogens (tertiary/aromatic N) is 1. The molecule has 0 spiro atoms. The van der Waals surface area contributed by atoms with E-state index in [-0.39, 0.29) is 11.9 Å². The van der Waals surface area contributed by atoms with Gasteiger partial charge in [0.05, 0.1) is 4.88 Å². The largest absolute Gasteiger partial charge is 0.381 e. The van der Waals surface area contributed by atoms with Gasteiger partial charge in [0.15, 0.2) is 0 Å². The number of carbonyl (C=O) groups is 1. The lowest BCUT2D eigenvalue weighted by Crippen LogP contribution is -2.47. The van der Waals surface area contributed by atoms with Crippen LogP contribution in [0.3, 0.4) is 0 Å². The first-order valence-corrected chi connectivity index (χ1v) is 7.43. The van der Waals surface area contributed by atoms with Crippen molar-refractivity contribution in [2.24, 2.45) is 0 Å². The Morgan fingerprint density at radius 3 is 2.61 bits per heavy atom. The van der Waals surface area contributed by atoms with E-state index in [1.165, 1.54) is 0 Å². The molecule has 0 aromatic carbocycles. The molecular weight excluding hydrogens is 246 g/mol. The van der Waals surface area contributed by atoms with Crippen molar-refractivity contribution in [3.05, 3.63) is 21.9 Å². The van der Waals surface area contributed by atoms with Crippen LogP contribution >= 0.6 is 11.3 Å². The fourth-order valence-corrected chi connectivity index (χ4v) is 3.36. The van der Waals surface area contributed by atoms with Crippen LogP contribution in [0.15, 0.2) is 11.4 Å². The Kier molecular flexibility index (Phi) is 4.40. The van der Waals surface area contributed by atoms with Crippen LogP contribution < -0.4 is 0 Å². The molecule has 1 saturated heterocycles. The van der Waals surface area contributed by atoms with E-state index >= 15 is 0 Å². The highest BCUT2D eigenvalue weighted by molar-refractivity contribution is 7.12. The number of rotatable bonds is 3. The zero-order valence-corrected chi connectivity index (χ0v) is 12.1. The summed E-state index contributed by atoms with van der Waals surface area (Å²) in [5.74, 6) is 0.185. The molecule has 0 unspecified atom stereocenters. The van der Waals surface area contributed by atoms with E-state index in [1.54, 1.807) is 11.3 Å². The summed E-state index contributed by atoms with van der Waals surface area (Å²) in [6.07, 6.45) is 1.91. The van der Waals surface area contributed by atoms with Gasteiger partial charge in [0.1, 0.15) is 0 Å². The van der Waals surface area contributed by atoms with Gasteiger partial charge in [-0.1, -0.05) is 0 Å². The van der Waals surface area contributed by atoms with Crippen LogP contribution in [0.25, 0.3) is 0 Å². The first-order chi connectivity index (χ1) is 8.61. The van der Waals surface area contributed by atoms with Gasteiger partial charge in [-0.05, 0) is 50.6 Å². The van der Waals surface area contributed by atoms with Gasteiger partial charge in [0, 0.05) is 25.3 Å². The van der Waals surface area contributed by atoms with Gasteiger partial charge < -0.3 is 9.64 Å². The number of carbonyl (C=O) groups excluding carboxylic acids is 1. The number of thiophene rings is 1. The molecule has 0 radical (unpaired) electrons. The average molecular weight is 267 g/mol. The monoisotopic (exact) mass is 267 g/mol. The molecule has 100 valence electrons. The van der Waals surface area contributed by atoms with E-state index in [9.17, 15) is 4.79 Å². The van der Waals surface area contributed by atoms with Crippen molar-refractivity contribution in [2.45, 2.75) is 45.7 Å². The zero-order valence-electron chi connectivity index (χ0n) is 11.3. The molecule has 0 saturated carbocycles. The molecule has 1 aromatic rings. The molecule has 0 N–H and O–H groups in total. The molecule has 3 nitrogen and oxygen atoms in total. The second-order valence-corrected chi connectivity index (χ2v) is 6.00. The van der Waals surface area contributed by atoms with Crippen LogP contribution in [0.1, 0.15) is 41.9 Å². The minimum Gasteiger partial charge on any atom is -0.381 e. The highest BCUT2D eigenvalue weighted by Crippen LogP contribution is 2.24. The summed E-state index contributed by atoms with van der Waals surface area (Å²) in [7, 11) is 0. The maximum Gasteiger partial charge on any atom is 0.264 e. The first kappa shape index (κ1) is 13.6. The van der Waals surface area contributed by atoms with E-state index in [0.29, 0.717) is 6.04 Å². The quantitative estimate of drug-likeness (QED) is 0.842. The third-order valence-electron chi connectivity index (χ3n) is 3.43. The predicted octanol–water partition coefficient (Wildman–Crippen LogP) is 3.09. The molecule has 18 heavy (non-hydrogen) atoms. The van der Waals surface area contributed by atoms with Gasteiger partial charge >= 0.3 is 0 Å². The van der Waals surface area contributed by atoms with Gasteiger partial charge in [-0.25, -0.2) is 0 Å². The minimum atomic E-state index is 0.185. The summed E-state index contributed by atoms with van der Waals surface area (Å²) in [4.78, 5) is 15.6. The van der Waals surface area contributed by atoms with Crippen molar-refractivity contribution in [2.75, 3.05) is 13.2 Å². The minimum absolute atomic E-state index is 0.185. The molecule has 2 heterocycles. The van der Waals surface area contributed by atoms with E-state index in [4.69, 9.17) is 4.74 Å². The number of hydrogen-bond acceptors (Lipinski definition) is 3. The molecule has 1 aliphatic heterocycles. The summed E-state index contributed by atoms with van der Waals surface area (Å²) >= 11 is 1.54. The third-order valence-corrected chi connectivity index (χ3v) is 4.44. The first-order valence-electron chi connectivity index (χ1n) is 6.55. The lowest BCUT2D eigenvalue weighted by Gasteiger charge is -2.37. The zero-order chi connectivity index (χ0) is 13.1. The Bertz CT molecular complexity index is 408. The van der Waals surface area contributed by atoms with Crippen LogP contribution in [0.4, 0.5) is 0 Å². The van der Waals surface area contributed by atoms with E-state index in [1.807, 2.05) is 23.3 Å². The maximum atomic E-state index is 12.7. The molecule has 1 fully saturated rings. The Labute approximate surface area is 113 Å². The SMILES string of the molecule is Cc1ccsc1C(=O)N(C(C)C)C1CCOCC1. The van der Waals surface area contributed by atoms with Crippen molar-refractivity contribution in [1.29, 1.82) is 0 Å². The molecule has 0 bridgehead atoms. The van der Waals surface area contributed by atoms with E-state index < -0.39 is 0 Å². The van der Waals surface area contributed by atoms with E-state index in [0.717, 1.165) is 36.5 Å². The fraction of sp³-hybridized carbons (Fsp3) is 0.643. The average Bonchev–Trinajstić information content (AvgIpc) is 2.76. The van der Waals surface area contributed by atoms with Gasteiger partial charge in [-0.15, -0.1) is 11.3 Å². The molecule has 0 atom stereocenters.